The van der Waals surface area contributed by atoms with Crippen LogP contribution in [0.25, 0.3) is 11.8 Å². The van der Waals surface area contributed by atoms with E-state index in [4.69, 9.17) is 0 Å². The molecule has 0 aliphatic heterocycles. The molecule has 1 aliphatic carbocycles. The molecule has 0 radical (unpaired) electrons. The van der Waals surface area contributed by atoms with Gasteiger partial charge in [-0.2, -0.15) is 0 Å². The first kappa shape index (κ1) is 19.9. The molecule has 1 saturated carbocycles. The second kappa shape index (κ2) is 7.64. The summed E-state index contributed by atoms with van der Waals surface area (Å²) in [5.41, 5.74) is 3.57. The molecular formula is C22H27FN2OS. The van der Waals surface area contributed by atoms with Crippen molar-refractivity contribution in [3.63, 3.8) is 0 Å². The number of rotatable bonds is 5. The van der Waals surface area contributed by atoms with Crippen molar-refractivity contribution in [2.75, 3.05) is 0 Å². The van der Waals surface area contributed by atoms with Crippen LogP contribution >= 0.6 is 0 Å². The maximum absolute atomic E-state index is 15.5. The highest BCUT2D eigenvalue weighted by Gasteiger charge is 2.26. The molecular weight excluding hydrogens is 359 g/mol. The molecule has 0 spiro atoms. The Kier molecular flexibility index (Phi) is 5.63. The van der Waals surface area contributed by atoms with E-state index >= 15 is 4.39 Å². The van der Waals surface area contributed by atoms with Gasteiger partial charge >= 0.3 is 0 Å². The van der Waals surface area contributed by atoms with Crippen molar-refractivity contribution in [2.45, 2.75) is 52.2 Å². The van der Waals surface area contributed by atoms with E-state index in [-0.39, 0.29) is 5.82 Å². The number of halogens is 1. The molecule has 1 aromatic heterocycles. The quantitative estimate of drug-likeness (QED) is 0.491. The minimum atomic E-state index is -1.43. The summed E-state index contributed by atoms with van der Waals surface area (Å²) in [6, 6.07) is 7.66. The predicted molar refractivity (Wildman–Crippen MR) is 112 cm³/mol. The van der Waals surface area contributed by atoms with Gasteiger partial charge in [-0.15, -0.1) is 0 Å². The van der Waals surface area contributed by atoms with Gasteiger partial charge in [0.2, 0.25) is 0 Å². The van der Waals surface area contributed by atoms with Crippen LogP contribution in [0.3, 0.4) is 0 Å². The Hall–Kier alpha value is -1.85. The van der Waals surface area contributed by atoms with E-state index in [2.05, 4.69) is 10.5 Å². The van der Waals surface area contributed by atoms with E-state index in [9.17, 15) is 4.55 Å². The van der Waals surface area contributed by atoms with Crippen LogP contribution in [0.15, 0.2) is 34.7 Å². The van der Waals surface area contributed by atoms with Crippen molar-refractivity contribution in [1.82, 2.24) is 4.57 Å². The van der Waals surface area contributed by atoms with Crippen LogP contribution in [0.1, 0.15) is 56.1 Å². The standard InChI is InChI=1S/C22H27FN2OS/c1-15-6-7-16(2)25(15)20-13-12-18(11-10-17-8-9-17)19(21(20)23)14-24-27(26)22(3,4)5/h6-7,10-14,17H,8-9H2,1-5H3/b11-10+,24-14?. The third-order valence-corrected chi connectivity index (χ3v) is 6.02. The van der Waals surface area contributed by atoms with Gasteiger partial charge in [0.1, 0.15) is 16.1 Å². The molecule has 5 heteroatoms. The lowest BCUT2D eigenvalue weighted by molar-refractivity contribution is 0.561. The number of allylic oxidation sites excluding steroid dienone is 1. The molecule has 1 aromatic carbocycles. The SMILES string of the molecule is Cc1ccc(C)n1-c1ccc(/C=C/C2CC2)c(C=N[S+]([O-])C(C)(C)C)c1F. The summed E-state index contributed by atoms with van der Waals surface area (Å²) in [6.07, 6.45) is 7.90. The number of aromatic nitrogens is 1. The van der Waals surface area contributed by atoms with Crippen LogP contribution in [-0.4, -0.2) is 20.1 Å². The average molecular weight is 387 g/mol. The summed E-state index contributed by atoms with van der Waals surface area (Å²) in [7, 11) is 0. The van der Waals surface area contributed by atoms with Gasteiger partial charge in [-0.1, -0.05) is 22.6 Å². The molecule has 0 saturated heterocycles. The van der Waals surface area contributed by atoms with Gasteiger partial charge in [0.05, 0.1) is 11.9 Å². The van der Waals surface area contributed by atoms with Crippen LogP contribution in [0, 0.1) is 25.6 Å². The molecule has 1 unspecified atom stereocenters. The Bertz CT molecular complexity index is 869. The summed E-state index contributed by atoms with van der Waals surface area (Å²) < 4.78 is 33.4. The fourth-order valence-corrected chi connectivity index (χ4v) is 3.40. The molecule has 27 heavy (non-hydrogen) atoms. The molecule has 1 heterocycles. The Morgan fingerprint density at radius 1 is 1.15 bits per heavy atom. The van der Waals surface area contributed by atoms with Crippen molar-refractivity contribution >= 4 is 23.7 Å². The van der Waals surface area contributed by atoms with Crippen LogP contribution in [-0.2, 0) is 11.4 Å². The molecule has 1 aliphatic rings. The van der Waals surface area contributed by atoms with E-state index in [1.807, 2.05) is 63.5 Å². The lowest BCUT2D eigenvalue weighted by Gasteiger charge is -2.18. The lowest BCUT2D eigenvalue weighted by Crippen LogP contribution is -2.26. The van der Waals surface area contributed by atoms with Gasteiger partial charge in [-0.05, 0) is 77.1 Å². The third-order valence-electron chi connectivity index (χ3n) is 4.68. The Morgan fingerprint density at radius 2 is 1.78 bits per heavy atom. The van der Waals surface area contributed by atoms with E-state index < -0.39 is 16.1 Å². The highest BCUT2D eigenvalue weighted by atomic mass is 32.2. The van der Waals surface area contributed by atoms with Crippen LogP contribution in [0.2, 0.25) is 0 Å². The number of benzene rings is 1. The number of hydrogen-bond acceptors (Lipinski definition) is 2. The molecule has 0 N–H and O–H groups in total. The summed E-state index contributed by atoms with van der Waals surface area (Å²) in [4.78, 5) is 0. The zero-order valence-corrected chi connectivity index (χ0v) is 17.4. The zero-order chi connectivity index (χ0) is 19.8. The summed E-state index contributed by atoms with van der Waals surface area (Å²) >= 11 is -1.43. The van der Waals surface area contributed by atoms with Gasteiger partial charge in [0, 0.05) is 17.0 Å². The van der Waals surface area contributed by atoms with E-state index in [1.165, 1.54) is 19.1 Å². The topological polar surface area (TPSA) is 40.3 Å². The van der Waals surface area contributed by atoms with Gasteiger partial charge in [0.15, 0.2) is 5.82 Å². The molecule has 1 fully saturated rings. The molecule has 0 bridgehead atoms. The largest absolute Gasteiger partial charge is 0.591 e. The maximum atomic E-state index is 15.5. The van der Waals surface area contributed by atoms with Gasteiger partial charge in [-0.3, -0.25) is 0 Å². The third kappa shape index (κ3) is 4.53. The van der Waals surface area contributed by atoms with Crippen molar-refractivity contribution in [3.05, 3.63) is 58.7 Å². The lowest BCUT2D eigenvalue weighted by atomic mass is 10.0. The molecule has 144 valence electrons. The molecule has 2 aromatic rings. The van der Waals surface area contributed by atoms with Crippen molar-refractivity contribution < 1.29 is 8.94 Å². The fourth-order valence-electron chi connectivity index (χ4n) is 2.88. The van der Waals surface area contributed by atoms with E-state index in [0.29, 0.717) is 17.2 Å². The molecule has 1 atom stereocenters. The Labute approximate surface area is 164 Å². The van der Waals surface area contributed by atoms with Gasteiger partial charge in [0.25, 0.3) is 0 Å². The highest BCUT2D eigenvalue weighted by Crippen LogP contribution is 2.32. The number of hydrogen-bond donors (Lipinski definition) is 0. The predicted octanol–water partition coefficient (Wildman–Crippen LogP) is 5.54. The molecule has 3 rings (SSSR count). The van der Waals surface area contributed by atoms with Crippen LogP contribution in [0.5, 0.6) is 0 Å². The highest BCUT2D eigenvalue weighted by molar-refractivity contribution is 7.91. The van der Waals surface area contributed by atoms with Crippen LogP contribution < -0.4 is 0 Å². The zero-order valence-electron chi connectivity index (χ0n) is 16.6. The monoisotopic (exact) mass is 386 g/mol. The molecule has 0 amide bonds. The number of aryl methyl sites for hydroxylation is 2. The van der Waals surface area contributed by atoms with Crippen LogP contribution in [0.4, 0.5) is 4.39 Å². The number of nitrogens with zero attached hydrogens (tertiary/aromatic N) is 2. The second-order valence-electron chi connectivity index (χ2n) is 8.15. The smallest absolute Gasteiger partial charge is 0.156 e. The summed E-state index contributed by atoms with van der Waals surface area (Å²) in [5, 5.41) is 0. The Balaban J connectivity index is 2.08. The van der Waals surface area contributed by atoms with Gasteiger partial charge in [-0.25, -0.2) is 4.39 Å². The normalized spacial score (nSPS) is 16.6. The minimum absolute atomic E-state index is 0.343. The van der Waals surface area contributed by atoms with Crippen molar-refractivity contribution in [3.8, 4) is 5.69 Å². The Morgan fingerprint density at radius 3 is 2.33 bits per heavy atom. The van der Waals surface area contributed by atoms with E-state index in [1.54, 1.807) is 6.07 Å². The van der Waals surface area contributed by atoms with E-state index in [0.717, 1.165) is 17.0 Å². The maximum Gasteiger partial charge on any atom is 0.156 e. The first-order valence-electron chi connectivity index (χ1n) is 9.30. The van der Waals surface area contributed by atoms with Crippen molar-refractivity contribution in [1.29, 1.82) is 0 Å². The fraction of sp³-hybridized carbons (Fsp3) is 0.409. The first-order chi connectivity index (χ1) is 12.7. The summed E-state index contributed by atoms with van der Waals surface area (Å²) in [6.45, 7) is 9.47. The second-order valence-corrected chi connectivity index (χ2v) is 10.1. The van der Waals surface area contributed by atoms with Crippen molar-refractivity contribution in [2.24, 2.45) is 10.3 Å². The minimum Gasteiger partial charge on any atom is -0.591 e. The van der Waals surface area contributed by atoms with Gasteiger partial charge < -0.3 is 9.12 Å². The molecule has 3 nitrogen and oxygen atoms in total. The first-order valence-corrected chi connectivity index (χ1v) is 10.4. The summed E-state index contributed by atoms with van der Waals surface area (Å²) in [5.74, 6) is 0.250. The average Bonchev–Trinajstić information content (AvgIpc) is 3.36.